The highest BCUT2D eigenvalue weighted by Crippen LogP contribution is 2.24. The van der Waals surface area contributed by atoms with Gasteiger partial charge in [-0.3, -0.25) is 9.80 Å². The van der Waals surface area contributed by atoms with Crippen molar-refractivity contribution in [2.24, 2.45) is 5.73 Å². The SMILES string of the molecule is CC(CCN)(N1CCNCC1)N1CCNCC1. The third kappa shape index (κ3) is 2.98. The first-order valence-electron chi connectivity index (χ1n) is 6.89. The average molecular weight is 241 g/mol. The first-order valence-corrected chi connectivity index (χ1v) is 6.89. The molecule has 4 N–H and O–H groups in total. The molecule has 2 fully saturated rings. The van der Waals surface area contributed by atoms with Crippen LogP contribution in [-0.4, -0.2) is 74.4 Å². The van der Waals surface area contributed by atoms with Crippen molar-refractivity contribution in [2.75, 3.05) is 58.9 Å². The number of piperazine rings is 2. The first-order chi connectivity index (χ1) is 8.27. The van der Waals surface area contributed by atoms with Gasteiger partial charge in [-0.2, -0.15) is 0 Å². The molecule has 2 aliphatic rings. The summed E-state index contributed by atoms with van der Waals surface area (Å²) < 4.78 is 0. The molecule has 0 bridgehead atoms. The second-order valence-electron chi connectivity index (χ2n) is 5.23. The van der Waals surface area contributed by atoms with Crippen molar-refractivity contribution in [2.45, 2.75) is 19.0 Å². The monoisotopic (exact) mass is 241 g/mol. The molecule has 0 unspecified atom stereocenters. The molecular weight excluding hydrogens is 214 g/mol. The summed E-state index contributed by atoms with van der Waals surface area (Å²) in [6, 6.07) is 0. The molecular formula is C12H27N5. The van der Waals surface area contributed by atoms with Crippen molar-refractivity contribution in [3.8, 4) is 0 Å². The summed E-state index contributed by atoms with van der Waals surface area (Å²) in [5.74, 6) is 0. The molecule has 2 aliphatic heterocycles. The molecule has 0 spiro atoms. The second-order valence-corrected chi connectivity index (χ2v) is 5.23. The van der Waals surface area contributed by atoms with Gasteiger partial charge in [-0.1, -0.05) is 0 Å². The van der Waals surface area contributed by atoms with E-state index < -0.39 is 0 Å². The summed E-state index contributed by atoms with van der Waals surface area (Å²) in [5.41, 5.74) is 6.00. The highest BCUT2D eigenvalue weighted by atomic mass is 15.4. The molecule has 0 aromatic rings. The predicted molar refractivity (Wildman–Crippen MR) is 71.0 cm³/mol. The van der Waals surface area contributed by atoms with E-state index in [2.05, 4.69) is 27.4 Å². The molecule has 2 rings (SSSR count). The van der Waals surface area contributed by atoms with Gasteiger partial charge in [0.05, 0.1) is 5.66 Å². The quantitative estimate of drug-likeness (QED) is 0.581. The third-order valence-electron chi connectivity index (χ3n) is 4.21. The van der Waals surface area contributed by atoms with Crippen molar-refractivity contribution in [1.29, 1.82) is 0 Å². The summed E-state index contributed by atoms with van der Waals surface area (Å²) in [7, 11) is 0. The van der Waals surface area contributed by atoms with Gasteiger partial charge in [-0.05, 0) is 19.9 Å². The average Bonchev–Trinajstić information content (AvgIpc) is 2.41. The van der Waals surface area contributed by atoms with Gasteiger partial charge in [0, 0.05) is 52.4 Å². The molecule has 0 aliphatic carbocycles. The summed E-state index contributed by atoms with van der Waals surface area (Å²) in [6.45, 7) is 12.1. The van der Waals surface area contributed by atoms with Gasteiger partial charge in [-0.15, -0.1) is 0 Å². The van der Waals surface area contributed by atoms with Crippen LogP contribution in [0.2, 0.25) is 0 Å². The standard InChI is InChI=1S/C12H27N5/c1-12(2-3-13,16-8-4-14-5-9-16)17-10-6-15-7-11-17/h14-15H,2-11,13H2,1H3. The minimum atomic E-state index is 0.152. The molecule has 0 radical (unpaired) electrons. The number of nitrogens with one attached hydrogen (secondary N) is 2. The lowest BCUT2D eigenvalue weighted by molar-refractivity contribution is -0.0620. The van der Waals surface area contributed by atoms with Crippen LogP contribution in [0.3, 0.4) is 0 Å². The zero-order valence-electron chi connectivity index (χ0n) is 11.0. The lowest BCUT2D eigenvalue weighted by Crippen LogP contribution is -2.66. The highest BCUT2D eigenvalue weighted by Gasteiger charge is 2.37. The van der Waals surface area contributed by atoms with E-state index in [0.29, 0.717) is 0 Å². The van der Waals surface area contributed by atoms with E-state index in [9.17, 15) is 0 Å². The minimum absolute atomic E-state index is 0.152. The Hall–Kier alpha value is -0.200. The molecule has 0 saturated carbocycles. The van der Waals surface area contributed by atoms with Crippen LogP contribution in [0.25, 0.3) is 0 Å². The Morgan fingerprint density at radius 1 is 0.941 bits per heavy atom. The lowest BCUT2D eigenvalue weighted by atomic mass is 10.0. The van der Waals surface area contributed by atoms with Crippen LogP contribution in [0.5, 0.6) is 0 Å². The van der Waals surface area contributed by atoms with Crippen molar-refractivity contribution in [3.63, 3.8) is 0 Å². The molecule has 2 saturated heterocycles. The topological polar surface area (TPSA) is 56.6 Å². The van der Waals surface area contributed by atoms with Gasteiger partial charge < -0.3 is 16.4 Å². The highest BCUT2D eigenvalue weighted by molar-refractivity contribution is 4.91. The fraction of sp³-hybridized carbons (Fsp3) is 1.00. The number of nitrogens with zero attached hydrogens (tertiary/aromatic N) is 2. The fourth-order valence-corrected chi connectivity index (χ4v) is 3.08. The molecule has 17 heavy (non-hydrogen) atoms. The van der Waals surface area contributed by atoms with Crippen LogP contribution >= 0.6 is 0 Å². The van der Waals surface area contributed by atoms with Gasteiger partial charge in [0.1, 0.15) is 0 Å². The molecule has 100 valence electrons. The maximum atomic E-state index is 5.84. The summed E-state index contributed by atoms with van der Waals surface area (Å²) in [5, 5.41) is 6.86. The lowest BCUT2D eigenvalue weighted by Gasteiger charge is -2.51. The van der Waals surface area contributed by atoms with Crippen molar-refractivity contribution in [3.05, 3.63) is 0 Å². The van der Waals surface area contributed by atoms with E-state index in [1.807, 2.05) is 0 Å². The maximum Gasteiger partial charge on any atom is 0.0722 e. The molecule has 5 heteroatoms. The Kier molecular flexibility index (Phi) is 4.76. The van der Waals surface area contributed by atoms with Crippen LogP contribution in [-0.2, 0) is 0 Å². The first kappa shape index (κ1) is 13.2. The van der Waals surface area contributed by atoms with Gasteiger partial charge in [0.25, 0.3) is 0 Å². The number of hydrogen-bond acceptors (Lipinski definition) is 5. The predicted octanol–water partition coefficient (Wildman–Crippen LogP) is -1.14. The zero-order valence-corrected chi connectivity index (χ0v) is 11.0. The van der Waals surface area contributed by atoms with Gasteiger partial charge >= 0.3 is 0 Å². The molecule has 0 aromatic carbocycles. The van der Waals surface area contributed by atoms with Crippen LogP contribution < -0.4 is 16.4 Å². The van der Waals surface area contributed by atoms with Gasteiger partial charge in [-0.25, -0.2) is 0 Å². The van der Waals surface area contributed by atoms with Crippen LogP contribution in [0.15, 0.2) is 0 Å². The summed E-state index contributed by atoms with van der Waals surface area (Å²) in [6.07, 6.45) is 1.06. The summed E-state index contributed by atoms with van der Waals surface area (Å²) in [4.78, 5) is 5.23. The van der Waals surface area contributed by atoms with Gasteiger partial charge in [0.15, 0.2) is 0 Å². The van der Waals surface area contributed by atoms with Crippen LogP contribution in [0, 0.1) is 0 Å². The number of rotatable bonds is 4. The van der Waals surface area contributed by atoms with Crippen molar-refractivity contribution in [1.82, 2.24) is 20.4 Å². The van der Waals surface area contributed by atoms with E-state index in [1.54, 1.807) is 0 Å². The molecule has 2 heterocycles. The Balaban J connectivity index is 2.05. The van der Waals surface area contributed by atoms with E-state index in [1.165, 1.54) is 0 Å². The fourth-order valence-electron chi connectivity index (χ4n) is 3.08. The molecule has 5 nitrogen and oxygen atoms in total. The molecule has 0 amide bonds. The van der Waals surface area contributed by atoms with E-state index in [4.69, 9.17) is 5.73 Å². The molecule has 0 atom stereocenters. The van der Waals surface area contributed by atoms with Crippen LogP contribution in [0.4, 0.5) is 0 Å². The Labute approximate surface area is 105 Å². The van der Waals surface area contributed by atoms with E-state index in [0.717, 1.165) is 65.3 Å². The van der Waals surface area contributed by atoms with E-state index >= 15 is 0 Å². The number of hydrogen-bond donors (Lipinski definition) is 3. The van der Waals surface area contributed by atoms with Crippen LogP contribution in [0.1, 0.15) is 13.3 Å². The Morgan fingerprint density at radius 2 is 1.35 bits per heavy atom. The minimum Gasteiger partial charge on any atom is -0.330 e. The number of nitrogens with two attached hydrogens (primary N) is 1. The van der Waals surface area contributed by atoms with Crippen molar-refractivity contribution < 1.29 is 0 Å². The van der Waals surface area contributed by atoms with Crippen molar-refractivity contribution >= 4 is 0 Å². The third-order valence-corrected chi connectivity index (χ3v) is 4.21. The normalized spacial score (nSPS) is 25.1. The van der Waals surface area contributed by atoms with E-state index in [-0.39, 0.29) is 5.66 Å². The van der Waals surface area contributed by atoms with Gasteiger partial charge in [0.2, 0.25) is 0 Å². The summed E-state index contributed by atoms with van der Waals surface area (Å²) >= 11 is 0. The smallest absolute Gasteiger partial charge is 0.0722 e. The Bertz CT molecular complexity index is 203. The zero-order chi connectivity index (χ0) is 12.1. The molecule has 0 aromatic heterocycles. The Morgan fingerprint density at radius 3 is 1.71 bits per heavy atom. The largest absolute Gasteiger partial charge is 0.330 e. The second kappa shape index (κ2) is 6.11. The maximum absolute atomic E-state index is 5.84.